The Hall–Kier alpha value is -1.25. The van der Waals surface area contributed by atoms with E-state index in [9.17, 15) is 4.79 Å². The smallest absolute Gasteiger partial charge is 0.315 e. The molecule has 0 spiro atoms. The lowest BCUT2D eigenvalue weighted by Gasteiger charge is -2.03. The van der Waals surface area contributed by atoms with E-state index < -0.39 is 0 Å². The predicted molar refractivity (Wildman–Crippen MR) is 69.5 cm³/mol. The molecule has 92 valence electrons. The Morgan fingerprint density at radius 1 is 1.12 bits per heavy atom. The Balaban J connectivity index is 3.70. The van der Waals surface area contributed by atoms with Gasteiger partial charge in [-0.15, -0.1) is 0 Å². The highest BCUT2D eigenvalue weighted by Crippen LogP contribution is 2.05. The summed E-state index contributed by atoms with van der Waals surface area (Å²) in [5.74, 6) is 0. The second-order valence-electron chi connectivity index (χ2n) is 4.11. The number of carbonyl (C=O) groups excluding carboxylic acids is 1. The predicted octanol–water partition coefficient (Wildman–Crippen LogP) is 3.00. The van der Waals surface area contributed by atoms with Gasteiger partial charge in [0.15, 0.2) is 0 Å². The molecule has 0 rings (SSSR count). The van der Waals surface area contributed by atoms with Gasteiger partial charge < -0.3 is 10.6 Å². The molecule has 0 aliphatic rings. The lowest BCUT2D eigenvalue weighted by Crippen LogP contribution is -2.35. The summed E-state index contributed by atoms with van der Waals surface area (Å²) >= 11 is 0. The van der Waals surface area contributed by atoms with Crippen molar-refractivity contribution in [2.24, 2.45) is 0 Å². The number of carbonyl (C=O) groups is 1. The van der Waals surface area contributed by atoms with E-state index in [1.807, 2.05) is 6.92 Å². The van der Waals surface area contributed by atoms with E-state index in [0.29, 0.717) is 13.1 Å². The Bertz CT molecular complexity index is 263. The fourth-order valence-corrected chi connectivity index (χ4v) is 1.23. The van der Waals surface area contributed by atoms with Crippen molar-refractivity contribution in [1.29, 1.82) is 0 Å². The summed E-state index contributed by atoms with van der Waals surface area (Å²) in [4.78, 5) is 11.1. The van der Waals surface area contributed by atoms with Crippen LogP contribution >= 0.6 is 0 Å². The minimum Gasteiger partial charge on any atom is -0.338 e. The molecule has 16 heavy (non-hydrogen) atoms. The largest absolute Gasteiger partial charge is 0.338 e. The Kier molecular flexibility index (Phi) is 8.31. The van der Waals surface area contributed by atoms with Crippen molar-refractivity contribution in [3.8, 4) is 0 Å². The molecule has 0 radical (unpaired) electrons. The lowest BCUT2D eigenvalue weighted by molar-refractivity contribution is 0.242. The van der Waals surface area contributed by atoms with Crippen molar-refractivity contribution in [1.82, 2.24) is 10.6 Å². The summed E-state index contributed by atoms with van der Waals surface area (Å²) in [7, 11) is 0. The van der Waals surface area contributed by atoms with E-state index in [0.717, 1.165) is 12.8 Å². The highest BCUT2D eigenvalue weighted by Gasteiger charge is 1.94. The topological polar surface area (TPSA) is 41.1 Å². The summed E-state index contributed by atoms with van der Waals surface area (Å²) in [6, 6.07) is -0.101. The number of nitrogens with one attached hydrogen (secondary N) is 2. The first-order valence-electron chi connectivity index (χ1n) is 5.87. The van der Waals surface area contributed by atoms with Crippen LogP contribution in [0.5, 0.6) is 0 Å². The van der Waals surface area contributed by atoms with Crippen molar-refractivity contribution >= 4 is 6.03 Å². The van der Waals surface area contributed by atoms with Gasteiger partial charge in [0.05, 0.1) is 0 Å². The molecule has 3 nitrogen and oxygen atoms in total. The summed E-state index contributed by atoms with van der Waals surface area (Å²) in [5.41, 5.74) is 2.67. The summed E-state index contributed by atoms with van der Waals surface area (Å²) < 4.78 is 0. The molecule has 3 heteroatoms. The maximum Gasteiger partial charge on any atom is 0.315 e. The molecule has 2 amide bonds. The zero-order valence-electron chi connectivity index (χ0n) is 10.9. The Morgan fingerprint density at radius 2 is 1.81 bits per heavy atom. The highest BCUT2D eigenvalue weighted by molar-refractivity contribution is 5.73. The van der Waals surface area contributed by atoms with Gasteiger partial charge in [-0.05, 0) is 40.5 Å². The normalized spacial score (nSPS) is 10.9. The molecule has 0 aliphatic heterocycles. The van der Waals surface area contributed by atoms with Gasteiger partial charge in [-0.25, -0.2) is 4.79 Å². The molecule has 0 atom stereocenters. The molecule has 0 aromatic rings. The molecule has 0 aromatic heterocycles. The summed E-state index contributed by atoms with van der Waals surface area (Å²) in [6.07, 6.45) is 6.43. The van der Waals surface area contributed by atoms with E-state index in [2.05, 4.69) is 43.6 Å². The molecular weight excluding hydrogens is 200 g/mol. The average Bonchev–Trinajstić information content (AvgIpc) is 2.17. The van der Waals surface area contributed by atoms with Crippen LogP contribution in [0.4, 0.5) is 4.79 Å². The Labute approximate surface area is 99.0 Å². The monoisotopic (exact) mass is 224 g/mol. The lowest BCUT2D eigenvalue weighted by atomic mass is 10.1. The molecular formula is C13H24N2O. The molecule has 0 saturated carbocycles. The molecule has 0 aromatic carbocycles. The van der Waals surface area contributed by atoms with Crippen LogP contribution < -0.4 is 10.6 Å². The summed E-state index contributed by atoms with van der Waals surface area (Å²) in [6.45, 7) is 9.48. The summed E-state index contributed by atoms with van der Waals surface area (Å²) in [5, 5.41) is 5.46. The zero-order chi connectivity index (χ0) is 12.4. The number of amides is 2. The van der Waals surface area contributed by atoms with Crippen LogP contribution in [0.15, 0.2) is 23.3 Å². The fourth-order valence-electron chi connectivity index (χ4n) is 1.23. The van der Waals surface area contributed by atoms with E-state index in [4.69, 9.17) is 0 Å². The Morgan fingerprint density at radius 3 is 2.38 bits per heavy atom. The SMILES string of the molecule is CCNC(=O)NC/C=C(\C)CCC=C(C)C. The third-order valence-electron chi connectivity index (χ3n) is 2.14. The van der Waals surface area contributed by atoms with Crippen molar-refractivity contribution in [3.63, 3.8) is 0 Å². The van der Waals surface area contributed by atoms with Gasteiger partial charge >= 0.3 is 6.03 Å². The van der Waals surface area contributed by atoms with E-state index in [1.54, 1.807) is 0 Å². The van der Waals surface area contributed by atoms with E-state index in [1.165, 1.54) is 11.1 Å². The second kappa shape index (κ2) is 9.01. The third-order valence-corrected chi connectivity index (χ3v) is 2.14. The maximum absolute atomic E-state index is 11.1. The van der Waals surface area contributed by atoms with Crippen molar-refractivity contribution in [3.05, 3.63) is 23.3 Å². The molecule has 0 saturated heterocycles. The number of urea groups is 1. The van der Waals surface area contributed by atoms with Crippen LogP contribution in [0.3, 0.4) is 0 Å². The quantitative estimate of drug-likeness (QED) is 0.669. The highest BCUT2D eigenvalue weighted by atomic mass is 16.2. The number of hydrogen-bond acceptors (Lipinski definition) is 1. The fraction of sp³-hybridized carbons (Fsp3) is 0.615. The second-order valence-corrected chi connectivity index (χ2v) is 4.11. The number of rotatable bonds is 6. The molecule has 0 unspecified atom stereocenters. The first kappa shape index (κ1) is 14.8. The third kappa shape index (κ3) is 9.31. The van der Waals surface area contributed by atoms with Gasteiger partial charge in [-0.2, -0.15) is 0 Å². The van der Waals surface area contributed by atoms with Crippen molar-refractivity contribution in [2.45, 2.75) is 40.5 Å². The van der Waals surface area contributed by atoms with Crippen molar-refractivity contribution in [2.75, 3.05) is 13.1 Å². The molecule has 0 bridgehead atoms. The van der Waals surface area contributed by atoms with Crippen LogP contribution in [-0.4, -0.2) is 19.1 Å². The molecule has 0 aliphatic carbocycles. The van der Waals surface area contributed by atoms with E-state index >= 15 is 0 Å². The van der Waals surface area contributed by atoms with Gasteiger partial charge in [0, 0.05) is 13.1 Å². The van der Waals surface area contributed by atoms with Gasteiger partial charge in [0.25, 0.3) is 0 Å². The molecule has 2 N–H and O–H groups in total. The van der Waals surface area contributed by atoms with Gasteiger partial charge in [0.2, 0.25) is 0 Å². The minimum atomic E-state index is -0.101. The van der Waals surface area contributed by atoms with Gasteiger partial charge in [-0.3, -0.25) is 0 Å². The van der Waals surface area contributed by atoms with Crippen LogP contribution in [-0.2, 0) is 0 Å². The first-order chi connectivity index (χ1) is 7.56. The number of allylic oxidation sites excluding steroid dienone is 3. The van der Waals surface area contributed by atoms with Crippen LogP contribution in [0, 0.1) is 0 Å². The maximum atomic E-state index is 11.1. The number of hydrogen-bond donors (Lipinski definition) is 2. The first-order valence-corrected chi connectivity index (χ1v) is 5.87. The standard InChI is InChI=1S/C13H24N2O/c1-5-14-13(16)15-10-9-12(4)8-6-7-11(2)3/h7,9H,5-6,8,10H2,1-4H3,(H2,14,15,16)/b12-9+. The van der Waals surface area contributed by atoms with Crippen LogP contribution in [0.1, 0.15) is 40.5 Å². The molecule has 0 fully saturated rings. The zero-order valence-corrected chi connectivity index (χ0v) is 10.9. The van der Waals surface area contributed by atoms with Crippen LogP contribution in [0.25, 0.3) is 0 Å². The molecule has 0 heterocycles. The van der Waals surface area contributed by atoms with Crippen LogP contribution in [0.2, 0.25) is 0 Å². The van der Waals surface area contributed by atoms with Crippen molar-refractivity contribution < 1.29 is 4.79 Å². The van der Waals surface area contributed by atoms with E-state index in [-0.39, 0.29) is 6.03 Å². The van der Waals surface area contributed by atoms with Gasteiger partial charge in [0.1, 0.15) is 0 Å². The average molecular weight is 224 g/mol. The minimum absolute atomic E-state index is 0.101. The van der Waals surface area contributed by atoms with Gasteiger partial charge in [-0.1, -0.05) is 23.3 Å².